The number of benzene rings is 2. The van der Waals surface area contributed by atoms with Crippen molar-refractivity contribution in [2.75, 3.05) is 0 Å². The fourth-order valence-corrected chi connectivity index (χ4v) is 2.03. The molecule has 2 aromatic carbocycles. The number of carboxylic acid groups (broad SMARTS) is 1. The number of carboxylic acids is 1. The van der Waals surface area contributed by atoms with Gasteiger partial charge in [-0.05, 0) is 24.3 Å². The standard InChI is InChI=1S/C15H8O6/c16-13(17)10-7-6-9-11(15(19)21-14(9)18)12(10)20-8-4-2-1-3-5-8/h1-7H,(H,16,17). The Hall–Kier alpha value is -3.15. The van der Waals surface area contributed by atoms with E-state index in [1.54, 1.807) is 30.3 Å². The van der Waals surface area contributed by atoms with Crippen LogP contribution in [-0.2, 0) is 4.74 Å². The molecule has 0 fully saturated rings. The minimum absolute atomic E-state index is 0.00377. The average Bonchev–Trinajstić information content (AvgIpc) is 2.75. The van der Waals surface area contributed by atoms with Gasteiger partial charge in [0.1, 0.15) is 16.9 Å². The molecule has 6 heteroatoms. The summed E-state index contributed by atoms with van der Waals surface area (Å²) in [4.78, 5) is 34.5. The Morgan fingerprint density at radius 2 is 1.71 bits per heavy atom. The van der Waals surface area contributed by atoms with E-state index in [1.165, 1.54) is 12.1 Å². The molecule has 0 atom stereocenters. The van der Waals surface area contributed by atoms with Crippen molar-refractivity contribution >= 4 is 17.9 Å². The van der Waals surface area contributed by atoms with Crippen LogP contribution in [0.3, 0.4) is 0 Å². The summed E-state index contributed by atoms with van der Waals surface area (Å²) >= 11 is 0. The van der Waals surface area contributed by atoms with E-state index in [2.05, 4.69) is 4.74 Å². The number of hydrogen-bond donors (Lipinski definition) is 1. The average molecular weight is 284 g/mol. The number of esters is 2. The van der Waals surface area contributed by atoms with Gasteiger partial charge in [-0.25, -0.2) is 14.4 Å². The van der Waals surface area contributed by atoms with Gasteiger partial charge in [0.05, 0.1) is 5.56 Å². The van der Waals surface area contributed by atoms with Crippen LogP contribution in [0.2, 0.25) is 0 Å². The number of hydrogen-bond acceptors (Lipinski definition) is 5. The molecule has 6 nitrogen and oxygen atoms in total. The van der Waals surface area contributed by atoms with Crippen LogP contribution in [0.15, 0.2) is 42.5 Å². The van der Waals surface area contributed by atoms with Gasteiger partial charge in [-0.1, -0.05) is 18.2 Å². The zero-order valence-electron chi connectivity index (χ0n) is 10.5. The molecule has 2 aromatic rings. The molecule has 1 heterocycles. The highest BCUT2D eigenvalue weighted by Crippen LogP contribution is 2.35. The summed E-state index contributed by atoms with van der Waals surface area (Å²) in [6.07, 6.45) is 0. The monoisotopic (exact) mass is 284 g/mol. The lowest BCUT2D eigenvalue weighted by Gasteiger charge is -2.10. The van der Waals surface area contributed by atoms with Crippen molar-refractivity contribution in [1.29, 1.82) is 0 Å². The number of cyclic esters (lactones) is 2. The Balaban J connectivity index is 2.19. The Bertz CT molecular complexity index is 763. The Kier molecular flexibility index (Phi) is 2.91. The Labute approximate surface area is 118 Å². The van der Waals surface area contributed by atoms with Gasteiger partial charge in [0.2, 0.25) is 0 Å². The van der Waals surface area contributed by atoms with Crippen LogP contribution in [0, 0.1) is 0 Å². The number of carbonyl (C=O) groups excluding carboxylic acids is 2. The second-order valence-electron chi connectivity index (χ2n) is 4.26. The van der Waals surface area contributed by atoms with Crippen molar-refractivity contribution in [3.63, 3.8) is 0 Å². The van der Waals surface area contributed by atoms with Crippen molar-refractivity contribution in [1.82, 2.24) is 0 Å². The molecule has 0 saturated carbocycles. The van der Waals surface area contributed by atoms with Gasteiger partial charge in [-0.2, -0.15) is 0 Å². The van der Waals surface area contributed by atoms with Gasteiger partial charge >= 0.3 is 17.9 Å². The fraction of sp³-hybridized carbons (Fsp3) is 0. The quantitative estimate of drug-likeness (QED) is 0.688. The number of fused-ring (bicyclic) bond motifs is 1. The van der Waals surface area contributed by atoms with Gasteiger partial charge in [-0.15, -0.1) is 0 Å². The summed E-state index contributed by atoms with van der Waals surface area (Å²) in [5.41, 5.74) is -0.385. The van der Waals surface area contributed by atoms with Crippen LogP contribution in [-0.4, -0.2) is 23.0 Å². The topological polar surface area (TPSA) is 89.9 Å². The third kappa shape index (κ3) is 2.12. The minimum Gasteiger partial charge on any atom is -0.478 e. The molecule has 0 aromatic heterocycles. The molecule has 1 aliphatic rings. The number of aromatic carboxylic acids is 1. The zero-order valence-corrected chi connectivity index (χ0v) is 10.5. The lowest BCUT2D eigenvalue weighted by Crippen LogP contribution is -2.06. The summed E-state index contributed by atoms with van der Waals surface area (Å²) in [7, 11) is 0. The summed E-state index contributed by atoms with van der Waals surface area (Å²) in [6.45, 7) is 0. The van der Waals surface area contributed by atoms with Crippen LogP contribution in [0.5, 0.6) is 11.5 Å². The van der Waals surface area contributed by atoms with Crippen molar-refractivity contribution in [2.45, 2.75) is 0 Å². The van der Waals surface area contributed by atoms with E-state index in [0.29, 0.717) is 5.75 Å². The van der Waals surface area contributed by atoms with E-state index in [1.807, 2.05) is 0 Å². The van der Waals surface area contributed by atoms with Crippen molar-refractivity contribution in [3.05, 3.63) is 59.2 Å². The maximum Gasteiger partial charge on any atom is 0.350 e. The summed E-state index contributed by atoms with van der Waals surface area (Å²) in [5, 5.41) is 9.21. The van der Waals surface area contributed by atoms with Gasteiger partial charge in [0, 0.05) is 0 Å². The molecule has 104 valence electrons. The predicted molar refractivity (Wildman–Crippen MR) is 69.7 cm³/mol. The largest absolute Gasteiger partial charge is 0.478 e. The molecule has 0 amide bonds. The van der Waals surface area contributed by atoms with Gasteiger partial charge in [0.25, 0.3) is 0 Å². The first kappa shape index (κ1) is 12.9. The van der Waals surface area contributed by atoms with Crippen LogP contribution >= 0.6 is 0 Å². The maximum atomic E-state index is 11.7. The predicted octanol–water partition coefficient (Wildman–Crippen LogP) is 2.49. The van der Waals surface area contributed by atoms with E-state index < -0.39 is 17.9 Å². The summed E-state index contributed by atoms with van der Waals surface area (Å²) in [5.74, 6) is -2.84. The van der Waals surface area contributed by atoms with Crippen molar-refractivity contribution in [3.8, 4) is 11.5 Å². The van der Waals surface area contributed by atoms with E-state index in [0.717, 1.165) is 0 Å². The van der Waals surface area contributed by atoms with Crippen LogP contribution < -0.4 is 4.74 Å². The number of ether oxygens (including phenoxy) is 2. The van der Waals surface area contributed by atoms with Crippen LogP contribution in [0.4, 0.5) is 0 Å². The molecule has 0 unspecified atom stereocenters. The SMILES string of the molecule is O=C(O)c1ccc2c(c1Oc1ccccc1)C(=O)OC2=O. The van der Waals surface area contributed by atoms with E-state index >= 15 is 0 Å². The number of carbonyl (C=O) groups is 3. The smallest absolute Gasteiger partial charge is 0.350 e. The number of rotatable bonds is 3. The van der Waals surface area contributed by atoms with Crippen LogP contribution in [0.1, 0.15) is 31.1 Å². The highest BCUT2D eigenvalue weighted by molar-refractivity contribution is 6.17. The Morgan fingerprint density at radius 1 is 1.00 bits per heavy atom. The van der Waals surface area contributed by atoms with Crippen LogP contribution in [0.25, 0.3) is 0 Å². The lowest BCUT2D eigenvalue weighted by molar-refractivity contribution is 0.0443. The molecule has 1 N–H and O–H groups in total. The van der Waals surface area contributed by atoms with E-state index in [-0.39, 0.29) is 22.4 Å². The first-order chi connectivity index (χ1) is 10.1. The number of para-hydroxylation sites is 1. The third-order valence-electron chi connectivity index (χ3n) is 2.96. The first-order valence-electron chi connectivity index (χ1n) is 5.97. The second-order valence-corrected chi connectivity index (χ2v) is 4.26. The summed E-state index contributed by atoms with van der Waals surface area (Å²) in [6, 6.07) is 10.8. The molecule has 1 aliphatic heterocycles. The second kappa shape index (κ2) is 4.75. The molecule has 21 heavy (non-hydrogen) atoms. The van der Waals surface area contributed by atoms with Gasteiger partial charge < -0.3 is 14.6 Å². The van der Waals surface area contributed by atoms with Crippen molar-refractivity contribution in [2.24, 2.45) is 0 Å². The fourth-order valence-electron chi connectivity index (χ4n) is 2.03. The van der Waals surface area contributed by atoms with E-state index in [4.69, 9.17) is 4.74 Å². The zero-order chi connectivity index (χ0) is 15.0. The molecule has 0 radical (unpaired) electrons. The third-order valence-corrected chi connectivity index (χ3v) is 2.96. The molecule has 0 spiro atoms. The van der Waals surface area contributed by atoms with E-state index in [9.17, 15) is 19.5 Å². The highest BCUT2D eigenvalue weighted by Gasteiger charge is 2.36. The maximum absolute atomic E-state index is 11.7. The molecule has 3 rings (SSSR count). The normalized spacial score (nSPS) is 12.8. The molecule has 0 bridgehead atoms. The Morgan fingerprint density at radius 3 is 2.38 bits per heavy atom. The summed E-state index contributed by atoms with van der Waals surface area (Å²) < 4.78 is 9.99. The minimum atomic E-state index is -1.27. The molecular weight excluding hydrogens is 276 g/mol. The lowest BCUT2D eigenvalue weighted by atomic mass is 10.0. The highest BCUT2D eigenvalue weighted by atomic mass is 16.6. The first-order valence-corrected chi connectivity index (χ1v) is 5.97. The molecular formula is C15H8O6. The van der Waals surface area contributed by atoms with Crippen molar-refractivity contribution < 1.29 is 29.0 Å². The van der Waals surface area contributed by atoms with Gasteiger partial charge in [-0.3, -0.25) is 0 Å². The molecule has 0 aliphatic carbocycles. The van der Waals surface area contributed by atoms with Gasteiger partial charge in [0.15, 0.2) is 5.75 Å². The molecule has 0 saturated heterocycles.